The molecule has 0 spiro atoms. The molecule has 2 heterocycles. The van der Waals surface area contributed by atoms with Gasteiger partial charge in [-0.1, -0.05) is 121 Å². The van der Waals surface area contributed by atoms with Crippen LogP contribution in [-0.4, -0.2) is 15.0 Å². The Kier molecular flexibility index (Phi) is 6.90. The van der Waals surface area contributed by atoms with Crippen LogP contribution in [0.2, 0.25) is 5.02 Å². The number of allylic oxidation sites excluding steroid dienone is 5. The number of nitrogens with zero attached hydrogens (tertiary/aromatic N) is 3. The van der Waals surface area contributed by atoms with Crippen molar-refractivity contribution in [3.8, 4) is 33.9 Å². The molecule has 0 aliphatic heterocycles. The molecule has 0 radical (unpaired) electrons. The Morgan fingerprint density at radius 1 is 0.674 bits per heavy atom. The molecule has 0 saturated heterocycles. The van der Waals surface area contributed by atoms with E-state index in [1.807, 2.05) is 91.9 Å². The van der Waals surface area contributed by atoms with Crippen molar-refractivity contribution in [2.24, 2.45) is 0 Å². The second-order valence-corrected chi connectivity index (χ2v) is 10.7. The summed E-state index contributed by atoms with van der Waals surface area (Å²) >= 11 is 6.65. The Morgan fingerprint density at radius 2 is 1.35 bits per heavy atom. The lowest BCUT2D eigenvalue weighted by atomic mass is 9.92. The van der Waals surface area contributed by atoms with Gasteiger partial charge in [0, 0.05) is 33.0 Å². The highest BCUT2D eigenvalue weighted by Crippen LogP contribution is 2.42. The second kappa shape index (κ2) is 11.2. The van der Waals surface area contributed by atoms with E-state index in [0.717, 1.165) is 60.5 Å². The first-order valence-electron chi connectivity index (χ1n) is 14.0. The van der Waals surface area contributed by atoms with Gasteiger partial charge in [0.25, 0.3) is 0 Å². The molecule has 0 unspecified atom stereocenters. The maximum Gasteiger partial charge on any atom is 0.164 e. The molecule has 0 bridgehead atoms. The smallest absolute Gasteiger partial charge is 0.164 e. The van der Waals surface area contributed by atoms with Crippen LogP contribution in [-0.2, 0) is 0 Å². The molecule has 0 amide bonds. The molecule has 4 nitrogen and oxygen atoms in total. The number of fused-ring (bicyclic) bond motifs is 4. The molecular formula is C38H26ClN3O. The third-order valence-corrected chi connectivity index (χ3v) is 7.73. The number of benzene rings is 5. The van der Waals surface area contributed by atoms with Crippen LogP contribution in [0.25, 0.3) is 72.2 Å². The van der Waals surface area contributed by atoms with Gasteiger partial charge in [-0.25, -0.2) is 15.0 Å². The minimum absolute atomic E-state index is 0.608. The average Bonchev–Trinajstić information content (AvgIpc) is 3.42. The first-order valence-corrected chi connectivity index (χ1v) is 14.4. The van der Waals surface area contributed by atoms with Crippen molar-refractivity contribution < 1.29 is 4.42 Å². The van der Waals surface area contributed by atoms with E-state index in [0.29, 0.717) is 22.5 Å². The number of hydrogen-bond donors (Lipinski definition) is 0. The molecule has 7 rings (SSSR count). The van der Waals surface area contributed by atoms with Gasteiger partial charge in [-0.05, 0) is 52.6 Å². The van der Waals surface area contributed by atoms with Crippen molar-refractivity contribution in [2.75, 3.05) is 0 Å². The summed E-state index contributed by atoms with van der Waals surface area (Å²) in [5.41, 5.74) is 6.44. The first-order chi connectivity index (χ1) is 21.1. The van der Waals surface area contributed by atoms with Crippen LogP contribution in [0.1, 0.15) is 12.7 Å². The van der Waals surface area contributed by atoms with Gasteiger partial charge in [0.2, 0.25) is 0 Å². The van der Waals surface area contributed by atoms with Gasteiger partial charge < -0.3 is 4.42 Å². The van der Waals surface area contributed by atoms with Crippen LogP contribution < -0.4 is 0 Å². The summed E-state index contributed by atoms with van der Waals surface area (Å²) in [7, 11) is 0. The van der Waals surface area contributed by atoms with E-state index in [1.54, 1.807) is 6.08 Å². The van der Waals surface area contributed by atoms with E-state index in [4.69, 9.17) is 31.0 Å². The zero-order valence-electron chi connectivity index (χ0n) is 23.5. The summed E-state index contributed by atoms with van der Waals surface area (Å²) in [6.07, 6.45) is 7.54. The predicted octanol–water partition coefficient (Wildman–Crippen LogP) is 10.7. The molecule has 5 heteroatoms. The van der Waals surface area contributed by atoms with Crippen molar-refractivity contribution in [3.63, 3.8) is 0 Å². The van der Waals surface area contributed by atoms with Crippen molar-refractivity contribution in [3.05, 3.63) is 145 Å². The monoisotopic (exact) mass is 575 g/mol. The summed E-state index contributed by atoms with van der Waals surface area (Å²) < 4.78 is 6.20. The van der Waals surface area contributed by atoms with Crippen LogP contribution >= 0.6 is 11.6 Å². The van der Waals surface area contributed by atoms with Crippen molar-refractivity contribution in [1.82, 2.24) is 15.0 Å². The average molecular weight is 576 g/mol. The third-order valence-electron chi connectivity index (χ3n) is 7.51. The molecule has 0 saturated carbocycles. The molecule has 5 aromatic carbocycles. The van der Waals surface area contributed by atoms with E-state index in [1.165, 1.54) is 0 Å². The maximum atomic E-state index is 6.65. The zero-order chi connectivity index (χ0) is 29.3. The Bertz CT molecular complexity index is 2230. The normalized spacial score (nSPS) is 12.1. The fourth-order valence-corrected chi connectivity index (χ4v) is 5.71. The molecule has 43 heavy (non-hydrogen) atoms. The second-order valence-electron chi connectivity index (χ2n) is 10.3. The van der Waals surface area contributed by atoms with Gasteiger partial charge >= 0.3 is 0 Å². The molecule has 206 valence electrons. The molecule has 0 aliphatic rings. The van der Waals surface area contributed by atoms with E-state index in [-0.39, 0.29) is 0 Å². The highest BCUT2D eigenvalue weighted by atomic mass is 35.5. The topological polar surface area (TPSA) is 51.8 Å². The minimum Gasteiger partial charge on any atom is -0.456 e. The van der Waals surface area contributed by atoms with Gasteiger partial charge in [-0.3, -0.25) is 0 Å². The predicted molar refractivity (Wildman–Crippen MR) is 179 cm³/mol. The van der Waals surface area contributed by atoms with Crippen LogP contribution in [0.4, 0.5) is 0 Å². The van der Waals surface area contributed by atoms with Crippen LogP contribution in [0, 0.1) is 0 Å². The largest absolute Gasteiger partial charge is 0.456 e. The fourth-order valence-electron chi connectivity index (χ4n) is 5.50. The lowest BCUT2D eigenvalue weighted by Crippen LogP contribution is -2.02. The summed E-state index contributed by atoms with van der Waals surface area (Å²) in [5, 5.41) is 4.82. The van der Waals surface area contributed by atoms with E-state index < -0.39 is 0 Å². The SMILES string of the molecule is C=C/C=C\C=C(/C)c1nc(-c2ccccc2)nc(-c2ccc(-c3cc(Cl)cc4oc5ccccc5c34)c3ccccc23)n1. The maximum absolute atomic E-state index is 6.65. The lowest BCUT2D eigenvalue weighted by Gasteiger charge is -2.14. The van der Waals surface area contributed by atoms with E-state index in [2.05, 4.69) is 43.0 Å². The number of rotatable bonds is 6. The van der Waals surface area contributed by atoms with Crippen LogP contribution in [0.3, 0.4) is 0 Å². The van der Waals surface area contributed by atoms with E-state index >= 15 is 0 Å². The van der Waals surface area contributed by atoms with Crippen LogP contribution in [0.5, 0.6) is 0 Å². The molecular weight excluding hydrogens is 550 g/mol. The summed E-state index contributed by atoms with van der Waals surface area (Å²) in [6.45, 7) is 5.76. The molecule has 0 atom stereocenters. The highest BCUT2D eigenvalue weighted by Gasteiger charge is 2.19. The van der Waals surface area contributed by atoms with E-state index in [9.17, 15) is 0 Å². The van der Waals surface area contributed by atoms with Crippen molar-refractivity contribution >= 4 is 49.9 Å². The summed E-state index contributed by atoms with van der Waals surface area (Å²) in [5.74, 6) is 1.85. The van der Waals surface area contributed by atoms with Gasteiger partial charge in [0.15, 0.2) is 17.5 Å². The number of furan rings is 1. The molecule has 0 N–H and O–H groups in total. The highest BCUT2D eigenvalue weighted by molar-refractivity contribution is 6.32. The molecule has 0 aliphatic carbocycles. The minimum atomic E-state index is 0.608. The van der Waals surface area contributed by atoms with Gasteiger partial charge in [-0.15, -0.1) is 0 Å². The van der Waals surface area contributed by atoms with Gasteiger partial charge in [0.1, 0.15) is 11.2 Å². The number of hydrogen-bond acceptors (Lipinski definition) is 4. The Balaban J connectivity index is 1.47. The molecule has 2 aromatic heterocycles. The number of para-hydroxylation sites is 1. The summed E-state index contributed by atoms with van der Waals surface area (Å²) in [4.78, 5) is 14.8. The Labute approximate surface area is 254 Å². The third kappa shape index (κ3) is 4.92. The fraction of sp³-hybridized carbons (Fsp3) is 0.0263. The van der Waals surface area contributed by atoms with Crippen LogP contribution in [0.15, 0.2) is 138 Å². The first kappa shape index (κ1) is 26.6. The number of aromatic nitrogens is 3. The standard InChI is InChI=1S/C38H26ClN3O/c1-3-4-6-13-24(2)36-40-37(25-14-7-5-8-15-25)42-38(41-36)30-21-20-29(27-16-9-10-17-28(27)30)32-22-26(39)23-34-35(32)31-18-11-12-19-33(31)43-34/h3-23H,1H2,2H3/b6-4-,24-13+. The van der Waals surface area contributed by atoms with Gasteiger partial charge in [-0.2, -0.15) is 0 Å². The molecule has 7 aromatic rings. The lowest BCUT2D eigenvalue weighted by molar-refractivity contribution is 0.669. The number of halogens is 1. The summed E-state index contributed by atoms with van der Waals surface area (Å²) in [6, 6.07) is 34.6. The van der Waals surface area contributed by atoms with Crippen molar-refractivity contribution in [1.29, 1.82) is 0 Å². The molecule has 0 fully saturated rings. The van der Waals surface area contributed by atoms with Crippen molar-refractivity contribution in [2.45, 2.75) is 6.92 Å². The van der Waals surface area contributed by atoms with Gasteiger partial charge in [0.05, 0.1) is 0 Å². The zero-order valence-corrected chi connectivity index (χ0v) is 24.2. The Hall–Kier alpha value is -5.32. The quantitative estimate of drug-likeness (QED) is 0.185. The Morgan fingerprint density at radius 3 is 2.14 bits per heavy atom.